The lowest BCUT2D eigenvalue weighted by Crippen LogP contribution is -2.29. The van der Waals surface area contributed by atoms with Gasteiger partial charge in [-0.2, -0.15) is 0 Å². The van der Waals surface area contributed by atoms with Crippen LogP contribution in [0.4, 0.5) is 0 Å². The molecule has 1 heterocycles. The molecule has 21 heavy (non-hydrogen) atoms. The average molecular weight is 302 g/mol. The van der Waals surface area contributed by atoms with E-state index in [1.165, 1.54) is 4.90 Å². The summed E-state index contributed by atoms with van der Waals surface area (Å²) in [4.78, 5) is 13.8. The molecule has 0 saturated heterocycles. The minimum absolute atomic E-state index is 0.0998. The van der Waals surface area contributed by atoms with Crippen LogP contribution in [0, 0.1) is 0 Å². The van der Waals surface area contributed by atoms with Crippen LogP contribution in [0.2, 0.25) is 5.02 Å². The lowest BCUT2D eigenvalue weighted by molar-refractivity contribution is 0.0173. The van der Waals surface area contributed by atoms with Gasteiger partial charge in [-0.1, -0.05) is 48.0 Å². The van der Waals surface area contributed by atoms with Gasteiger partial charge in [0.25, 0.3) is 5.91 Å². The summed E-state index contributed by atoms with van der Waals surface area (Å²) in [6.07, 6.45) is 0.715. The first-order valence-corrected chi connectivity index (χ1v) is 7.37. The molecular formula is C17H16ClNO2. The zero-order valence-electron chi connectivity index (χ0n) is 11.5. The van der Waals surface area contributed by atoms with E-state index in [4.69, 9.17) is 11.6 Å². The Hall–Kier alpha value is -1.84. The second-order valence-electron chi connectivity index (χ2n) is 5.15. The van der Waals surface area contributed by atoms with Crippen LogP contribution in [-0.4, -0.2) is 22.5 Å². The minimum atomic E-state index is -0.833. The molecule has 2 aromatic rings. The number of carbonyl (C=O) groups excluding carboxylic acids is 1. The van der Waals surface area contributed by atoms with Gasteiger partial charge in [0.05, 0.1) is 0 Å². The van der Waals surface area contributed by atoms with Crippen LogP contribution in [-0.2, 0) is 6.42 Å². The van der Waals surface area contributed by atoms with E-state index >= 15 is 0 Å². The van der Waals surface area contributed by atoms with Crippen LogP contribution in [0.5, 0.6) is 0 Å². The normalized spacial score (nSPS) is 17.1. The Labute approximate surface area is 128 Å². The molecule has 0 bridgehead atoms. The van der Waals surface area contributed by atoms with Crippen molar-refractivity contribution in [3.8, 4) is 0 Å². The van der Waals surface area contributed by atoms with Crippen molar-refractivity contribution in [2.45, 2.75) is 19.1 Å². The zero-order chi connectivity index (χ0) is 14.8. The van der Waals surface area contributed by atoms with Crippen molar-refractivity contribution in [3.05, 3.63) is 70.2 Å². The Morgan fingerprint density at radius 2 is 1.81 bits per heavy atom. The molecule has 1 N–H and O–H groups in total. The van der Waals surface area contributed by atoms with E-state index in [0.29, 0.717) is 17.7 Å². The SMILES string of the molecule is O=C1c2ccccc2C(O)N1CCCc1ccccc1Cl. The first-order chi connectivity index (χ1) is 10.2. The summed E-state index contributed by atoms with van der Waals surface area (Å²) >= 11 is 6.12. The second kappa shape index (κ2) is 5.88. The lowest BCUT2D eigenvalue weighted by Gasteiger charge is -2.20. The van der Waals surface area contributed by atoms with Crippen LogP contribution in [0.1, 0.15) is 34.1 Å². The summed E-state index contributed by atoms with van der Waals surface area (Å²) in [5.74, 6) is -0.0998. The maximum atomic E-state index is 12.3. The third-order valence-corrected chi connectivity index (χ3v) is 4.20. The number of aliphatic hydroxyl groups excluding tert-OH is 1. The number of aryl methyl sites for hydroxylation is 1. The smallest absolute Gasteiger partial charge is 0.256 e. The van der Waals surface area contributed by atoms with Crippen molar-refractivity contribution >= 4 is 17.5 Å². The molecule has 0 spiro atoms. The summed E-state index contributed by atoms with van der Waals surface area (Å²) in [5.41, 5.74) is 2.36. The Morgan fingerprint density at radius 3 is 2.57 bits per heavy atom. The minimum Gasteiger partial charge on any atom is -0.369 e. The van der Waals surface area contributed by atoms with Gasteiger partial charge < -0.3 is 10.0 Å². The number of aliphatic hydroxyl groups is 1. The molecule has 0 aromatic heterocycles. The molecule has 0 aliphatic carbocycles. The maximum Gasteiger partial charge on any atom is 0.256 e. The topological polar surface area (TPSA) is 40.5 Å². The molecule has 3 rings (SSSR count). The van der Waals surface area contributed by atoms with Gasteiger partial charge in [0, 0.05) is 22.7 Å². The number of hydrogen-bond acceptors (Lipinski definition) is 2. The van der Waals surface area contributed by atoms with Gasteiger partial charge in [0.15, 0.2) is 6.23 Å². The first kappa shape index (κ1) is 14.1. The molecule has 1 aliphatic heterocycles. The summed E-state index contributed by atoms with van der Waals surface area (Å²) in [5, 5.41) is 11.0. The third-order valence-electron chi connectivity index (χ3n) is 3.83. The summed E-state index contributed by atoms with van der Waals surface area (Å²) < 4.78 is 0. The molecule has 0 radical (unpaired) electrons. The van der Waals surface area contributed by atoms with Crippen molar-refractivity contribution in [1.82, 2.24) is 4.90 Å². The maximum absolute atomic E-state index is 12.3. The average Bonchev–Trinajstić information content (AvgIpc) is 2.74. The van der Waals surface area contributed by atoms with Crippen LogP contribution in [0.25, 0.3) is 0 Å². The molecule has 3 nitrogen and oxygen atoms in total. The fourth-order valence-electron chi connectivity index (χ4n) is 2.72. The molecule has 1 atom stereocenters. The van der Waals surface area contributed by atoms with Crippen LogP contribution in [0.3, 0.4) is 0 Å². The molecule has 108 valence electrons. The number of hydrogen-bond donors (Lipinski definition) is 1. The fraction of sp³-hybridized carbons (Fsp3) is 0.235. The highest BCUT2D eigenvalue weighted by Gasteiger charge is 2.34. The molecule has 1 aliphatic rings. The van der Waals surface area contributed by atoms with E-state index in [1.807, 2.05) is 36.4 Å². The van der Waals surface area contributed by atoms with E-state index in [-0.39, 0.29) is 5.91 Å². The van der Waals surface area contributed by atoms with Crippen molar-refractivity contribution in [3.63, 3.8) is 0 Å². The van der Waals surface area contributed by atoms with E-state index in [0.717, 1.165) is 23.4 Å². The number of rotatable bonds is 4. The summed E-state index contributed by atoms with van der Waals surface area (Å²) in [6.45, 7) is 0.514. The van der Waals surface area contributed by atoms with Gasteiger partial charge in [-0.05, 0) is 30.5 Å². The number of benzene rings is 2. The monoisotopic (exact) mass is 301 g/mol. The first-order valence-electron chi connectivity index (χ1n) is 7.00. The number of nitrogens with zero attached hydrogens (tertiary/aromatic N) is 1. The Morgan fingerprint density at radius 1 is 1.10 bits per heavy atom. The largest absolute Gasteiger partial charge is 0.369 e. The van der Waals surface area contributed by atoms with Gasteiger partial charge in [0.2, 0.25) is 0 Å². The predicted molar refractivity (Wildman–Crippen MR) is 82.2 cm³/mol. The molecular weight excluding hydrogens is 286 g/mol. The van der Waals surface area contributed by atoms with Crippen molar-refractivity contribution in [2.75, 3.05) is 6.54 Å². The number of amides is 1. The van der Waals surface area contributed by atoms with Crippen LogP contribution in [0.15, 0.2) is 48.5 Å². The van der Waals surface area contributed by atoms with Crippen molar-refractivity contribution in [1.29, 1.82) is 0 Å². The quantitative estimate of drug-likeness (QED) is 0.940. The lowest BCUT2D eigenvalue weighted by atomic mass is 10.1. The Bertz CT molecular complexity index is 671. The third kappa shape index (κ3) is 2.67. The molecule has 4 heteroatoms. The predicted octanol–water partition coefficient (Wildman–Crippen LogP) is 3.42. The standard InChI is InChI=1S/C17H16ClNO2/c18-15-10-4-1-6-12(15)7-5-11-19-16(20)13-8-2-3-9-14(13)17(19)21/h1-4,6,8-10,16,20H,5,7,11H2. The summed E-state index contributed by atoms with van der Waals surface area (Å²) in [6, 6.07) is 14.9. The van der Waals surface area contributed by atoms with E-state index in [1.54, 1.807) is 12.1 Å². The number of fused-ring (bicyclic) bond motifs is 1. The zero-order valence-corrected chi connectivity index (χ0v) is 12.3. The van der Waals surface area contributed by atoms with Crippen LogP contribution < -0.4 is 0 Å². The molecule has 1 unspecified atom stereocenters. The highest BCUT2D eigenvalue weighted by Crippen LogP contribution is 2.31. The van der Waals surface area contributed by atoms with Gasteiger partial charge in [-0.3, -0.25) is 4.79 Å². The van der Waals surface area contributed by atoms with Crippen LogP contribution >= 0.6 is 11.6 Å². The number of carbonyl (C=O) groups is 1. The fourth-order valence-corrected chi connectivity index (χ4v) is 2.95. The van der Waals surface area contributed by atoms with E-state index in [9.17, 15) is 9.90 Å². The van der Waals surface area contributed by atoms with Gasteiger partial charge in [-0.25, -0.2) is 0 Å². The molecule has 1 amide bonds. The van der Waals surface area contributed by atoms with Gasteiger partial charge in [-0.15, -0.1) is 0 Å². The van der Waals surface area contributed by atoms with Gasteiger partial charge in [0.1, 0.15) is 0 Å². The highest BCUT2D eigenvalue weighted by molar-refractivity contribution is 6.31. The van der Waals surface area contributed by atoms with Crippen molar-refractivity contribution in [2.24, 2.45) is 0 Å². The van der Waals surface area contributed by atoms with Crippen molar-refractivity contribution < 1.29 is 9.90 Å². The molecule has 0 fully saturated rings. The number of halogens is 1. The van der Waals surface area contributed by atoms with E-state index < -0.39 is 6.23 Å². The highest BCUT2D eigenvalue weighted by atomic mass is 35.5. The van der Waals surface area contributed by atoms with E-state index in [2.05, 4.69) is 0 Å². The Kier molecular flexibility index (Phi) is 3.95. The van der Waals surface area contributed by atoms with Gasteiger partial charge >= 0.3 is 0 Å². The molecule has 0 saturated carbocycles. The second-order valence-corrected chi connectivity index (χ2v) is 5.56. The Balaban J connectivity index is 1.65. The summed E-state index contributed by atoms with van der Waals surface area (Å²) in [7, 11) is 0. The molecule has 2 aromatic carbocycles.